The van der Waals surface area contributed by atoms with Crippen LogP contribution in [0.3, 0.4) is 0 Å². The van der Waals surface area contributed by atoms with E-state index in [0.29, 0.717) is 37.1 Å². The molecular weight excluding hydrogens is 493 g/mol. The lowest BCUT2D eigenvalue weighted by atomic mass is 10.2. The van der Waals surface area contributed by atoms with Gasteiger partial charge in [-0.15, -0.1) is 24.0 Å². The average molecular weight is 525 g/mol. The topological polar surface area (TPSA) is 86.3 Å². The molecule has 2 N–H and O–H groups in total. The van der Waals surface area contributed by atoms with Gasteiger partial charge in [0.2, 0.25) is 10.0 Å². The fourth-order valence-corrected chi connectivity index (χ4v) is 4.54. The van der Waals surface area contributed by atoms with Crippen molar-refractivity contribution in [2.45, 2.75) is 17.9 Å². The van der Waals surface area contributed by atoms with Gasteiger partial charge in [0.15, 0.2) is 5.96 Å². The number of halogens is 1. The summed E-state index contributed by atoms with van der Waals surface area (Å²) in [7, 11) is 1.87. The first-order valence-electron chi connectivity index (χ1n) is 9.19. The number of rotatable bonds is 8. The molecule has 2 rings (SSSR count). The molecule has 1 aliphatic rings. The van der Waals surface area contributed by atoms with Crippen LogP contribution in [0.4, 0.5) is 0 Å². The van der Waals surface area contributed by atoms with Gasteiger partial charge in [0.25, 0.3) is 0 Å². The summed E-state index contributed by atoms with van der Waals surface area (Å²) in [6, 6.07) is 7.15. The first-order chi connectivity index (χ1) is 13.0. The van der Waals surface area contributed by atoms with Crippen LogP contribution in [0, 0.1) is 0 Å². The van der Waals surface area contributed by atoms with Gasteiger partial charge in [-0.05, 0) is 25.1 Å². The number of guanidine groups is 1. The van der Waals surface area contributed by atoms with Crippen molar-refractivity contribution in [2.24, 2.45) is 4.99 Å². The molecule has 0 saturated carbocycles. The second-order valence-electron chi connectivity index (χ2n) is 6.51. The Balaban J connectivity index is 0.00000392. The van der Waals surface area contributed by atoms with E-state index in [9.17, 15) is 8.42 Å². The summed E-state index contributed by atoms with van der Waals surface area (Å²) >= 11 is 0. The molecule has 0 aromatic heterocycles. The lowest BCUT2D eigenvalue weighted by Crippen LogP contribution is -2.47. The van der Waals surface area contributed by atoms with E-state index in [2.05, 4.69) is 20.5 Å². The van der Waals surface area contributed by atoms with Crippen LogP contribution < -0.4 is 10.6 Å². The van der Waals surface area contributed by atoms with Gasteiger partial charge in [0.1, 0.15) is 0 Å². The van der Waals surface area contributed by atoms with Gasteiger partial charge in [-0.3, -0.25) is 4.99 Å². The molecule has 0 atom stereocenters. The van der Waals surface area contributed by atoms with Gasteiger partial charge >= 0.3 is 0 Å². The molecule has 28 heavy (non-hydrogen) atoms. The molecule has 1 aromatic rings. The monoisotopic (exact) mass is 525 g/mol. The van der Waals surface area contributed by atoms with Crippen molar-refractivity contribution in [1.82, 2.24) is 19.8 Å². The van der Waals surface area contributed by atoms with Crippen molar-refractivity contribution in [3.8, 4) is 0 Å². The maximum atomic E-state index is 13.1. The molecule has 1 fully saturated rings. The molecule has 0 spiro atoms. The summed E-state index contributed by atoms with van der Waals surface area (Å²) in [5.41, 5.74) is 0.733. The highest BCUT2D eigenvalue weighted by molar-refractivity contribution is 14.0. The molecule has 1 saturated heterocycles. The van der Waals surface area contributed by atoms with Crippen LogP contribution in [0.25, 0.3) is 0 Å². The van der Waals surface area contributed by atoms with Crippen molar-refractivity contribution in [2.75, 3.05) is 60.5 Å². The number of aliphatic imine (C=N–C) groups is 1. The molecule has 160 valence electrons. The van der Waals surface area contributed by atoms with Crippen molar-refractivity contribution >= 4 is 40.0 Å². The first kappa shape index (κ1) is 25.1. The van der Waals surface area contributed by atoms with E-state index in [4.69, 9.17) is 4.74 Å². The zero-order valence-electron chi connectivity index (χ0n) is 16.8. The molecule has 0 amide bonds. The Morgan fingerprint density at radius 2 is 1.86 bits per heavy atom. The number of benzene rings is 1. The number of piperazine rings is 1. The van der Waals surface area contributed by atoms with Crippen LogP contribution in [-0.4, -0.2) is 84.1 Å². The summed E-state index contributed by atoms with van der Waals surface area (Å²) in [5, 5.41) is 6.39. The molecular formula is C18H32IN5O3S. The standard InChI is InChI=1S/C18H31N5O3S.HI/c1-19-18(20-9-6-14-26-3)21-15-16-7-4-5-8-17(16)27(24,25)23-12-10-22(2)11-13-23;/h4-5,7-8H,6,9-15H2,1-3H3,(H2,19,20,21);1H. The molecule has 0 radical (unpaired) electrons. The zero-order chi connectivity index (χ0) is 19.7. The van der Waals surface area contributed by atoms with E-state index in [0.717, 1.165) is 31.6 Å². The lowest BCUT2D eigenvalue weighted by Gasteiger charge is -2.32. The maximum Gasteiger partial charge on any atom is 0.243 e. The van der Waals surface area contributed by atoms with Gasteiger partial charge in [-0.1, -0.05) is 18.2 Å². The molecule has 0 aliphatic carbocycles. The molecule has 0 bridgehead atoms. The Hall–Kier alpha value is -0.950. The molecule has 0 unspecified atom stereocenters. The summed E-state index contributed by atoms with van der Waals surface area (Å²) in [4.78, 5) is 6.67. The predicted octanol–water partition coefficient (Wildman–Crippen LogP) is 0.942. The number of nitrogens with zero attached hydrogens (tertiary/aromatic N) is 3. The minimum atomic E-state index is -3.51. The number of likely N-dealkylation sites (N-methyl/N-ethyl adjacent to an activating group) is 1. The summed E-state index contributed by atoms with van der Waals surface area (Å²) in [6.07, 6.45) is 0.867. The molecule has 8 nitrogen and oxygen atoms in total. The highest BCUT2D eigenvalue weighted by Gasteiger charge is 2.29. The van der Waals surface area contributed by atoms with Crippen LogP contribution in [0.5, 0.6) is 0 Å². The Morgan fingerprint density at radius 3 is 2.50 bits per heavy atom. The largest absolute Gasteiger partial charge is 0.385 e. The van der Waals surface area contributed by atoms with Crippen molar-refractivity contribution < 1.29 is 13.2 Å². The van der Waals surface area contributed by atoms with Crippen LogP contribution >= 0.6 is 24.0 Å². The second-order valence-corrected chi connectivity index (χ2v) is 8.42. The van der Waals surface area contributed by atoms with Gasteiger partial charge in [-0.2, -0.15) is 4.31 Å². The Bertz CT molecular complexity index is 722. The number of hydrogen-bond acceptors (Lipinski definition) is 5. The maximum absolute atomic E-state index is 13.1. The van der Waals surface area contributed by atoms with Crippen LogP contribution in [-0.2, 0) is 21.3 Å². The number of methoxy groups -OCH3 is 1. The summed E-state index contributed by atoms with van der Waals surface area (Å²) in [6.45, 7) is 4.32. The second kappa shape index (κ2) is 12.6. The van der Waals surface area contributed by atoms with Gasteiger partial charge in [0, 0.05) is 60.0 Å². The highest BCUT2D eigenvalue weighted by Crippen LogP contribution is 2.21. The van der Waals surface area contributed by atoms with E-state index in [1.165, 1.54) is 0 Å². The summed E-state index contributed by atoms with van der Waals surface area (Å²) < 4.78 is 32.8. The smallest absolute Gasteiger partial charge is 0.243 e. The molecule has 1 aliphatic heterocycles. The predicted molar refractivity (Wildman–Crippen MR) is 123 cm³/mol. The zero-order valence-corrected chi connectivity index (χ0v) is 20.0. The van der Waals surface area contributed by atoms with E-state index in [-0.39, 0.29) is 24.0 Å². The van der Waals surface area contributed by atoms with Crippen molar-refractivity contribution in [3.05, 3.63) is 29.8 Å². The van der Waals surface area contributed by atoms with Gasteiger partial charge < -0.3 is 20.3 Å². The Morgan fingerprint density at radius 1 is 1.18 bits per heavy atom. The van der Waals surface area contributed by atoms with E-state index < -0.39 is 10.0 Å². The number of nitrogens with one attached hydrogen (secondary N) is 2. The number of sulfonamides is 1. The Kier molecular flexibility index (Phi) is 11.3. The quantitative estimate of drug-likeness (QED) is 0.228. The SMILES string of the molecule is CN=C(NCCCOC)NCc1ccccc1S(=O)(=O)N1CCN(C)CC1.I. The van der Waals surface area contributed by atoms with E-state index in [1.807, 2.05) is 19.2 Å². The minimum Gasteiger partial charge on any atom is -0.385 e. The average Bonchev–Trinajstić information content (AvgIpc) is 2.68. The first-order valence-corrected chi connectivity index (χ1v) is 10.6. The highest BCUT2D eigenvalue weighted by atomic mass is 127. The molecule has 10 heteroatoms. The summed E-state index contributed by atoms with van der Waals surface area (Å²) in [5.74, 6) is 0.637. The van der Waals surface area contributed by atoms with Crippen molar-refractivity contribution in [1.29, 1.82) is 0 Å². The van der Waals surface area contributed by atoms with Crippen LogP contribution in [0.1, 0.15) is 12.0 Å². The third kappa shape index (κ3) is 7.14. The van der Waals surface area contributed by atoms with Gasteiger partial charge in [0.05, 0.1) is 4.90 Å². The number of ether oxygens (including phenoxy) is 1. The van der Waals surface area contributed by atoms with E-state index >= 15 is 0 Å². The Labute approximate surface area is 185 Å². The third-order valence-electron chi connectivity index (χ3n) is 4.54. The normalized spacial score (nSPS) is 16.5. The fourth-order valence-electron chi connectivity index (χ4n) is 2.89. The van der Waals surface area contributed by atoms with Crippen molar-refractivity contribution in [3.63, 3.8) is 0 Å². The minimum absolute atomic E-state index is 0. The van der Waals surface area contributed by atoms with Gasteiger partial charge in [-0.25, -0.2) is 8.42 Å². The van der Waals surface area contributed by atoms with E-state index in [1.54, 1.807) is 30.6 Å². The lowest BCUT2D eigenvalue weighted by molar-refractivity contribution is 0.195. The molecule has 1 heterocycles. The molecule has 1 aromatic carbocycles. The fraction of sp³-hybridized carbons (Fsp3) is 0.611. The third-order valence-corrected chi connectivity index (χ3v) is 6.54. The van der Waals surface area contributed by atoms with Crippen LogP contribution in [0.2, 0.25) is 0 Å². The number of hydrogen-bond donors (Lipinski definition) is 2. The van der Waals surface area contributed by atoms with Crippen LogP contribution in [0.15, 0.2) is 34.2 Å².